The second kappa shape index (κ2) is 11.8. The number of nitrogens with zero attached hydrogens (tertiary/aromatic N) is 1. The maximum absolute atomic E-state index is 12.9. The summed E-state index contributed by atoms with van der Waals surface area (Å²) in [7, 11) is 0. The van der Waals surface area contributed by atoms with E-state index >= 15 is 0 Å². The van der Waals surface area contributed by atoms with E-state index in [-0.39, 0.29) is 17.3 Å². The Morgan fingerprint density at radius 2 is 1.84 bits per heavy atom. The third kappa shape index (κ3) is 7.04. The highest BCUT2D eigenvalue weighted by atomic mass is 32.2. The molecule has 1 amide bonds. The minimum absolute atomic E-state index is 0.0481. The van der Waals surface area contributed by atoms with Crippen LogP contribution < -0.4 is 10.9 Å². The topological polar surface area (TPSA) is 66.9 Å². The Hall–Kier alpha value is -2.45. The Morgan fingerprint density at radius 3 is 2.65 bits per heavy atom. The van der Waals surface area contributed by atoms with Gasteiger partial charge in [-0.25, -0.2) is 4.39 Å². The lowest BCUT2D eigenvalue weighted by Gasteiger charge is -2.08. The Morgan fingerprint density at radius 1 is 1.06 bits per heavy atom. The van der Waals surface area contributed by atoms with E-state index in [1.165, 1.54) is 12.1 Å². The summed E-state index contributed by atoms with van der Waals surface area (Å²) in [5.41, 5.74) is 0.678. The van der Waals surface area contributed by atoms with Crippen LogP contribution in [0.15, 0.2) is 58.2 Å². The molecule has 1 heterocycles. The molecule has 0 fully saturated rings. The lowest BCUT2D eigenvalue weighted by molar-refractivity contribution is -0.121. The second-order valence-electron chi connectivity index (χ2n) is 7.25. The smallest absolute Gasteiger partial charge is 0.262 e. The maximum Gasteiger partial charge on any atom is 0.262 e. The summed E-state index contributed by atoms with van der Waals surface area (Å²) < 4.78 is 14.9. The number of aromatic nitrogens is 2. The summed E-state index contributed by atoms with van der Waals surface area (Å²) in [6.07, 6.45) is 3.75. The van der Waals surface area contributed by atoms with Gasteiger partial charge in [0.25, 0.3) is 5.56 Å². The number of thioether (sulfide) groups is 1. The maximum atomic E-state index is 12.9. The summed E-state index contributed by atoms with van der Waals surface area (Å²) in [4.78, 5) is 28.7. The van der Waals surface area contributed by atoms with Crippen molar-refractivity contribution >= 4 is 40.8 Å². The molecule has 31 heavy (non-hydrogen) atoms. The number of unbranched alkanes of at least 4 members (excludes halogenated alkanes) is 2. The number of carbonyl (C=O) groups is 1. The van der Waals surface area contributed by atoms with Crippen LogP contribution >= 0.6 is 24.0 Å². The van der Waals surface area contributed by atoms with Gasteiger partial charge in [-0.05, 0) is 73.6 Å². The van der Waals surface area contributed by atoms with Crippen LogP contribution in [0.2, 0.25) is 0 Å². The number of para-hydroxylation sites is 1. The minimum Gasteiger partial charge on any atom is -0.356 e. The van der Waals surface area contributed by atoms with Crippen LogP contribution in [0.3, 0.4) is 0 Å². The number of nitrogens with one attached hydrogen (secondary N) is 2. The predicted octanol–water partition coefficient (Wildman–Crippen LogP) is 5.06. The Balaban J connectivity index is 1.30. The van der Waals surface area contributed by atoms with E-state index in [4.69, 9.17) is 12.2 Å². The number of aromatic amines is 1. The molecule has 0 saturated carbocycles. The number of hydrogen-bond acceptors (Lipinski definition) is 4. The molecule has 2 aromatic carbocycles. The quantitative estimate of drug-likeness (QED) is 0.239. The van der Waals surface area contributed by atoms with E-state index in [1.54, 1.807) is 34.5 Å². The van der Waals surface area contributed by atoms with Gasteiger partial charge in [0.15, 0.2) is 4.77 Å². The van der Waals surface area contributed by atoms with Gasteiger partial charge in [0.2, 0.25) is 5.91 Å². The molecule has 1 aromatic heterocycles. The highest BCUT2D eigenvalue weighted by Crippen LogP contribution is 2.18. The van der Waals surface area contributed by atoms with Gasteiger partial charge in [-0.15, -0.1) is 11.8 Å². The van der Waals surface area contributed by atoms with Crippen LogP contribution in [0.4, 0.5) is 4.39 Å². The van der Waals surface area contributed by atoms with E-state index in [0.29, 0.717) is 29.7 Å². The third-order valence-corrected chi connectivity index (χ3v) is 6.32. The van der Waals surface area contributed by atoms with Crippen LogP contribution in [-0.2, 0) is 11.3 Å². The molecule has 0 bridgehead atoms. The Kier molecular flexibility index (Phi) is 8.85. The average molecular weight is 460 g/mol. The molecule has 0 unspecified atom stereocenters. The van der Waals surface area contributed by atoms with Crippen molar-refractivity contribution in [3.05, 3.63) is 69.5 Å². The average Bonchev–Trinajstić information content (AvgIpc) is 2.76. The number of H-pyrrole nitrogens is 1. The fourth-order valence-electron chi connectivity index (χ4n) is 3.24. The molecule has 3 rings (SSSR count). The number of carbonyl (C=O) groups excluding carboxylic acids is 1. The van der Waals surface area contributed by atoms with E-state index in [9.17, 15) is 14.0 Å². The number of hydrogen-bond donors (Lipinski definition) is 2. The first-order chi connectivity index (χ1) is 15.0. The lowest BCUT2D eigenvalue weighted by atomic mass is 10.2. The molecule has 3 aromatic rings. The molecule has 8 heteroatoms. The van der Waals surface area contributed by atoms with Crippen molar-refractivity contribution in [2.24, 2.45) is 0 Å². The van der Waals surface area contributed by atoms with Gasteiger partial charge in [-0.1, -0.05) is 18.6 Å². The molecule has 0 aliphatic rings. The first-order valence-electron chi connectivity index (χ1n) is 10.4. The minimum atomic E-state index is -0.233. The summed E-state index contributed by atoms with van der Waals surface area (Å²) in [6.45, 7) is 1.18. The highest BCUT2D eigenvalue weighted by molar-refractivity contribution is 7.99. The number of fused-ring (bicyclic) bond motifs is 1. The van der Waals surface area contributed by atoms with Gasteiger partial charge < -0.3 is 10.3 Å². The number of halogens is 1. The molecule has 2 N–H and O–H groups in total. The Bertz CT molecular complexity index is 1130. The zero-order chi connectivity index (χ0) is 22.1. The van der Waals surface area contributed by atoms with Gasteiger partial charge >= 0.3 is 0 Å². The number of amides is 1. The van der Waals surface area contributed by atoms with E-state index < -0.39 is 0 Å². The zero-order valence-electron chi connectivity index (χ0n) is 17.2. The van der Waals surface area contributed by atoms with Crippen LogP contribution in [0.25, 0.3) is 10.9 Å². The second-order valence-corrected chi connectivity index (χ2v) is 8.80. The standard InChI is InChI=1S/C23H26FN3O2S2/c24-17-10-12-18(13-11-17)31-16-6-14-25-21(28)9-2-1-5-15-27-22(29)19-7-3-4-8-20(19)26-23(27)30/h3-4,7-8,10-13H,1-2,5-6,9,14-16H2,(H,25,28)(H,26,30). The van der Waals surface area contributed by atoms with Crippen LogP contribution in [0.5, 0.6) is 0 Å². The predicted molar refractivity (Wildman–Crippen MR) is 127 cm³/mol. The van der Waals surface area contributed by atoms with Crippen molar-refractivity contribution in [3.8, 4) is 0 Å². The molecule has 0 aliphatic heterocycles. The van der Waals surface area contributed by atoms with E-state index in [0.717, 1.165) is 41.8 Å². The van der Waals surface area contributed by atoms with Crippen LogP contribution in [-0.4, -0.2) is 27.8 Å². The van der Waals surface area contributed by atoms with Gasteiger partial charge in [0, 0.05) is 24.4 Å². The van der Waals surface area contributed by atoms with E-state index in [2.05, 4.69) is 10.3 Å². The van der Waals surface area contributed by atoms with E-state index in [1.807, 2.05) is 18.2 Å². The summed E-state index contributed by atoms with van der Waals surface area (Å²) in [5, 5.41) is 3.57. The fraction of sp³-hybridized carbons (Fsp3) is 0.348. The fourth-order valence-corrected chi connectivity index (χ4v) is 4.38. The normalized spacial score (nSPS) is 11.0. The van der Waals surface area contributed by atoms with Crippen molar-refractivity contribution in [2.45, 2.75) is 43.5 Å². The van der Waals surface area contributed by atoms with Gasteiger partial charge in [0.1, 0.15) is 5.82 Å². The first-order valence-corrected chi connectivity index (χ1v) is 11.8. The molecule has 0 spiro atoms. The zero-order valence-corrected chi connectivity index (χ0v) is 18.9. The summed E-state index contributed by atoms with van der Waals surface area (Å²) in [6, 6.07) is 13.8. The van der Waals surface area contributed by atoms with Crippen molar-refractivity contribution in [1.29, 1.82) is 0 Å². The summed E-state index contributed by atoms with van der Waals surface area (Å²) >= 11 is 6.97. The monoisotopic (exact) mass is 459 g/mol. The third-order valence-electron chi connectivity index (χ3n) is 4.90. The van der Waals surface area contributed by atoms with Crippen molar-refractivity contribution in [1.82, 2.24) is 14.9 Å². The molecular weight excluding hydrogens is 433 g/mol. The number of rotatable bonds is 11. The van der Waals surface area contributed by atoms with Gasteiger partial charge in [0.05, 0.1) is 10.9 Å². The molecule has 0 saturated heterocycles. The van der Waals surface area contributed by atoms with Gasteiger partial charge in [-0.2, -0.15) is 0 Å². The van der Waals surface area contributed by atoms with Crippen molar-refractivity contribution in [2.75, 3.05) is 12.3 Å². The molecule has 0 radical (unpaired) electrons. The van der Waals surface area contributed by atoms with Gasteiger partial charge in [-0.3, -0.25) is 14.2 Å². The molecule has 0 atom stereocenters. The van der Waals surface area contributed by atoms with Crippen LogP contribution in [0.1, 0.15) is 32.1 Å². The lowest BCUT2D eigenvalue weighted by Crippen LogP contribution is -2.24. The van der Waals surface area contributed by atoms with Crippen molar-refractivity contribution < 1.29 is 9.18 Å². The van der Waals surface area contributed by atoms with Crippen molar-refractivity contribution in [3.63, 3.8) is 0 Å². The molecule has 164 valence electrons. The summed E-state index contributed by atoms with van der Waals surface area (Å²) in [5.74, 6) is 0.683. The molecule has 0 aliphatic carbocycles. The largest absolute Gasteiger partial charge is 0.356 e. The Labute approximate surface area is 190 Å². The number of benzene rings is 2. The van der Waals surface area contributed by atoms with Crippen LogP contribution in [0, 0.1) is 10.6 Å². The highest BCUT2D eigenvalue weighted by Gasteiger charge is 2.06. The molecular formula is C23H26FN3O2S2. The molecule has 5 nitrogen and oxygen atoms in total. The first kappa shape index (κ1) is 23.2. The SMILES string of the molecule is O=C(CCCCCn1c(=S)[nH]c2ccccc2c1=O)NCCCSc1ccc(F)cc1.